The molecule has 1 aromatic heterocycles. The molecule has 2 rings (SSSR count). The lowest BCUT2D eigenvalue weighted by atomic mass is 10.00. The number of hydrogen-bond donors (Lipinski definition) is 0. The van der Waals surface area contributed by atoms with Gasteiger partial charge in [0.25, 0.3) is 5.91 Å². The molecular weight excluding hydrogens is 202 g/mol. The Morgan fingerprint density at radius 1 is 1.44 bits per heavy atom. The van der Waals surface area contributed by atoms with Gasteiger partial charge in [0.1, 0.15) is 5.82 Å². The van der Waals surface area contributed by atoms with Crippen LogP contribution in [-0.4, -0.2) is 33.9 Å². The van der Waals surface area contributed by atoms with Gasteiger partial charge >= 0.3 is 0 Å². The van der Waals surface area contributed by atoms with Crippen molar-refractivity contribution in [1.29, 1.82) is 0 Å². The van der Waals surface area contributed by atoms with Gasteiger partial charge in [0.15, 0.2) is 0 Å². The molecule has 1 aliphatic rings. The molecule has 0 saturated carbocycles. The zero-order chi connectivity index (χ0) is 11.5. The topological polar surface area (TPSA) is 46.1 Å². The molecule has 0 bridgehead atoms. The molecule has 2 heterocycles. The number of nitrogens with zero attached hydrogens (tertiary/aromatic N) is 3. The number of hydrogen-bond acceptors (Lipinski definition) is 3. The summed E-state index contributed by atoms with van der Waals surface area (Å²) in [7, 11) is 0. The van der Waals surface area contributed by atoms with Crippen LogP contribution in [0, 0.1) is 12.8 Å². The van der Waals surface area contributed by atoms with Crippen molar-refractivity contribution in [2.24, 2.45) is 5.92 Å². The second-order valence-corrected chi connectivity index (χ2v) is 4.52. The van der Waals surface area contributed by atoms with Gasteiger partial charge in [-0.3, -0.25) is 4.79 Å². The Labute approximate surface area is 95.7 Å². The van der Waals surface area contributed by atoms with E-state index in [4.69, 9.17) is 0 Å². The maximum atomic E-state index is 12.1. The Hall–Kier alpha value is -1.45. The van der Waals surface area contributed by atoms with Crippen molar-refractivity contribution in [3.05, 3.63) is 23.8 Å². The monoisotopic (exact) mass is 219 g/mol. The first-order chi connectivity index (χ1) is 7.66. The Balaban J connectivity index is 2.09. The van der Waals surface area contributed by atoms with Gasteiger partial charge in [0.2, 0.25) is 0 Å². The number of likely N-dealkylation sites (tertiary alicyclic amines) is 1. The molecular formula is C12H17N3O. The van der Waals surface area contributed by atoms with Crippen molar-refractivity contribution in [2.75, 3.05) is 13.1 Å². The molecule has 1 unspecified atom stereocenters. The summed E-state index contributed by atoms with van der Waals surface area (Å²) in [5, 5.41) is 0. The number of aryl methyl sites for hydroxylation is 1. The van der Waals surface area contributed by atoms with E-state index in [1.54, 1.807) is 12.4 Å². The van der Waals surface area contributed by atoms with E-state index in [1.165, 1.54) is 6.42 Å². The fraction of sp³-hybridized carbons (Fsp3) is 0.583. The third kappa shape index (κ3) is 2.38. The van der Waals surface area contributed by atoms with Crippen LogP contribution in [-0.2, 0) is 0 Å². The molecule has 1 saturated heterocycles. The summed E-state index contributed by atoms with van der Waals surface area (Å²) >= 11 is 0. The van der Waals surface area contributed by atoms with Gasteiger partial charge in [-0.25, -0.2) is 9.97 Å². The Kier molecular flexibility index (Phi) is 3.17. The zero-order valence-electron chi connectivity index (χ0n) is 9.81. The highest BCUT2D eigenvalue weighted by Gasteiger charge is 2.22. The first-order valence-corrected chi connectivity index (χ1v) is 5.74. The molecule has 1 aromatic rings. The highest BCUT2D eigenvalue weighted by Crippen LogP contribution is 2.17. The fourth-order valence-electron chi connectivity index (χ4n) is 2.06. The predicted octanol–water partition coefficient (Wildman–Crippen LogP) is 1.66. The molecule has 0 spiro atoms. The maximum absolute atomic E-state index is 12.1. The summed E-state index contributed by atoms with van der Waals surface area (Å²) in [4.78, 5) is 22.1. The van der Waals surface area contributed by atoms with Gasteiger partial charge in [0, 0.05) is 25.5 Å². The number of carbonyl (C=O) groups excluding carboxylic acids is 1. The van der Waals surface area contributed by atoms with Crippen LogP contribution in [0.3, 0.4) is 0 Å². The van der Waals surface area contributed by atoms with E-state index in [0.717, 1.165) is 19.5 Å². The normalized spacial score (nSPS) is 20.9. The molecule has 86 valence electrons. The average molecular weight is 219 g/mol. The van der Waals surface area contributed by atoms with Crippen LogP contribution in [0.25, 0.3) is 0 Å². The molecule has 0 aromatic carbocycles. The zero-order valence-corrected chi connectivity index (χ0v) is 9.81. The smallest absolute Gasteiger partial charge is 0.256 e. The number of aromatic nitrogens is 2. The van der Waals surface area contributed by atoms with Crippen molar-refractivity contribution in [3.8, 4) is 0 Å². The predicted molar refractivity (Wildman–Crippen MR) is 61.1 cm³/mol. The molecule has 1 aliphatic heterocycles. The van der Waals surface area contributed by atoms with E-state index >= 15 is 0 Å². The van der Waals surface area contributed by atoms with E-state index < -0.39 is 0 Å². The fourth-order valence-corrected chi connectivity index (χ4v) is 2.06. The highest BCUT2D eigenvalue weighted by atomic mass is 16.2. The van der Waals surface area contributed by atoms with Gasteiger partial charge < -0.3 is 4.90 Å². The molecule has 16 heavy (non-hydrogen) atoms. The molecule has 4 nitrogen and oxygen atoms in total. The third-order valence-electron chi connectivity index (χ3n) is 2.97. The standard InChI is InChI=1S/C12H17N3O/c1-9-4-3-5-15(8-9)12(16)11-6-13-10(2)14-7-11/h6-7,9H,3-5,8H2,1-2H3. The molecule has 1 fully saturated rings. The van der Waals surface area contributed by atoms with E-state index in [1.807, 2.05) is 11.8 Å². The minimum Gasteiger partial charge on any atom is -0.338 e. The first kappa shape index (κ1) is 11.0. The van der Waals surface area contributed by atoms with E-state index in [9.17, 15) is 4.79 Å². The van der Waals surface area contributed by atoms with Crippen LogP contribution < -0.4 is 0 Å². The molecule has 0 radical (unpaired) electrons. The van der Waals surface area contributed by atoms with Crippen molar-refractivity contribution in [2.45, 2.75) is 26.7 Å². The SMILES string of the molecule is Cc1ncc(C(=O)N2CCCC(C)C2)cn1. The second-order valence-electron chi connectivity index (χ2n) is 4.52. The van der Waals surface area contributed by atoms with Gasteiger partial charge in [-0.15, -0.1) is 0 Å². The minimum atomic E-state index is 0.0616. The van der Waals surface area contributed by atoms with Crippen molar-refractivity contribution >= 4 is 5.91 Å². The third-order valence-corrected chi connectivity index (χ3v) is 2.97. The van der Waals surface area contributed by atoms with E-state index in [-0.39, 0.29) is 5.91 Å². The summed E-state index contributed by atoms with van der Waals surface area (Å²) in [6, 6.07) is 0. The average Bonchev–Trinajstić information content (AvgIpc) is 2.29. The number of rotatable bonds is 1. The van der Waals surface area contributed by atoms with E-state index in [2.05, 4.69) is 16.9 Å². The quantitative estimate of drug-likeness (QED) is 0.721. The number of amides is 1. The lowest BCUT2D eigenvalue weighted by molar-refractivity contribution is 0.0682. The van der Waals surface area contributed by atoms with E-state index in [0.29, 0.717) is 17.3 Å². The lowest BCUT2D eigenvalue weighted by Crippen LogP contribution is -2.39. The highest BCUT2D eigenvalue weighted by molar-refractivity contribution is 5.93. The number of carbonyl (C=O) groups is 1. The van der Waals surface area contributed by atoms with Gasteiger partial charge in [-0.2, -0.15) is 0 Å². The van der Waals surface area contributed by atoms with Crippen molar-refractivity contribution < 1.29 is 4.79 Å². The lowest BCUT2D eigenvalue weighted by Gasteiger charge is -2.30. The summed E-state index contributed by atoms with van der Waals surface area (Å²) in [6.45, 7) is 5.71. The molecule has 0 N–H and O–H groups in total. The van der Waals surface area contributed by atoms with Crippen LogP contribution in [0.5, 0.6) is 0 Å². The summed E-state index contributed by atoms with van der Waals surface area (Å²) < 4.78 is 0. The molecule has 4 heteroatoms. The maximum Gasteiger partial charge on any atom is 0.256 e. The Morgan fingerprint density at radius 3 is 2.75 bits per heavy atom. The van der Waals surface area contributed by atoms with Crippen LogP contribution >= 0.6 is 0 Å². The Bertz CT molecular complexity index is 374. The Morgan fingerprint density at radius 2 is 2.12 bits per heavy atom. The largest absolute Gasteiger partial charge is 0.338 e. The van der Waals surface area contributed by atoms with Gasteiger partial charge in [-0.05, 0) is 25.7 Å². The summed E-state index contributed by atoms with van der Waals surface area (Å²) in [6.07, 6.45) is 5.54. The van der Waals surface area contributed by atoms with Crippen LogP contribution in [0.15, 0.2) is 12.4 Å². The van der Waals surface area contributed by atoms with Crippen LogP contribution in [0.2, 0.25) is 0 Å². The summed E-state index contributed by atoms with van der Waals surface area (Å²) in [5.41, 5.74) is 0.597. The van der Waals surface area contributed by atoms with Crippen molar-refractivity contribution in [1.82, 2.24) is 14.9 Å². The van der Waals surface area contributed by atoms with Gasteiger partial charge in [0.05, 0.1) is 5.56 Å². The summed E-state index contributed by atoms with van der Waals surface area (Å²) in [5.74, 6) is 1.36. The first-order valence-electron chi connectivity index (χ1n) is 5.74. The van der Waals surface area contributed by atoms with Crippen LogP contribution in [0.4, 0.5) is 0 Å². The van der Waals surface area contributed by atoms with Crippen molar-refractivity contribution in [3.63, 3.8) is 0 Å². The number of piperidine rings is 1. The second kappa shape index (κ2) is 4.60. The molecule has 0 aliphatic carbocycles. The molecule has 1 atom stereocenters. The minimum absolute atomic E-state index is 0.0616. The van der Waals surface area contributed by atoms with Gasteiger partial charge in [-0.1, -0.05) is 6.92 Å². The van der Waals surface area contributed by atoms with Crippen LogP contribution in [0.1, 0.15) is 35.9 Å². The molecule has 1 amide bonds.